The summed E-state index contributed by atoms with van der Waals surface area (Å²) in [7, 11) is 0. The summed E-state index contributed by atoms with van der Waals surface area (Å²) in [6.45, 7) is 8.64. The molecule has 0 aliphatic rings. The highest BCUT2D eigenvalue weighted by Gasteiger charge is 2.22. The predicted octanol–water partition coefficient (Wildman–Crippen LogP) is 2.97. The predicted molar refractivity (Wildman–Crippen MR) is 77.4 cm³/mol. The topological polar surface area (TPSA) is 38.3 Å². The summed E-state index contributed by atoms with van der Waals surface area (Å²) >= 11 is 3.31. The molecule has 0 aliphatic heterocycles. The van der Waals surface area contributed by atoms with E-state index in [1.54, 1.807) is 0 Å². The molecule has 100 valence electrons. The lowest BCUT2D eigenvalue weighted by molar-refractivity contribution is -0.122. The third kappa shape index (κ3) is 4.33. The first kappa shape index (κ1) is 15.0. The van der Waals surface area contributed by atoms with Crippen LogP contribution in [0.1, 0.15) is 25.0 Å². The van der Waals surface area contributed by atoms with Gasteiger partial charge in [-0.2, -0.15) is 0 Å². The van der Waals surface area contributed by atoms with Crippen LogP contribution in [0.3, 0.4) is 0 Å². The first-order valence-electron chi connectivity index (χ1n) is 5.98. The van der Waals surface area contributed by atoms with Crippen molar-refractivity contribution in [3.05, 3.63) is 29.3 Å². The molecule has 0 unspecified atom stereocenters. The van der Waals surface area contributed by atoms with Crippen molar-refractivity contribution >= 4 is 21.8 Å². The number of ether oxygens (including phenoxy) is 1. The number of para-hydroxylation sites is 1. The second kappa shape index (κ2) is 6.23. The summed E-state index contributed by atoms with van der Waals surface area (Å²) in [6, 6.07) is 6.04. The van der Waals surface area contributed by atoms with E-state index in [2.05, 4.69) is 21.2 Å². The Bertz CT molecular complexity index is 404. The molecular weight excluding hydrogens is 294 g/mol. The van der Waals surface area contributed by atoms with Gasteiger partial charge >= 0.3 is 0 Å². The maximum Gasteiger partial charge on any atom is 0.236 e. The van der Waals surface area contributed by atoms with Gasteiger partial charge in [0.15, 0.2) is 0 Å². The van der Waals surface area contributed by atoms with E-state index in [0.717, 1.165) is 16.9 Å². The SMILES string of the molecule is Cc1cccc(C)c1OCCNC(=O)C(C)(C)Br. The van der Waals surface area contributed by atoms with Crippen LogP contribution in [-0.2, 0) is 4.79 Å². The molecule has 1 aromatic carbocycles. The molecule has 4 heteroatoms. The lowest BCUT2D eigenvalue weighted by Gasteiger charge is -2.16. The van der Waals surface area contributed by atoms with Gasteiger partial charge in [-0.1, -0.05) is 34.1 Å². The van der Waals surface area contributed by atoms with Crippen molar-refractivity contribution in [2.75, 3.05) is 13.2 Å². The summed E-state index contributed by atoms with van der Waals surface area (Å²) in [5, 5.41) is 2.82. The zero-order chi connectivity index (χ0) is 13.8. The number of alkyl halides is 1. The Morgan fingerprint density at radius 3 is 2.39 bits per heavy atom. The van der Waals surface area contributed by atoms with E-state index < -0.39 is 4.32 Å². The fourth-order valence-electron chi connectivity index (χ4n) is 1.55. The molecule has 0 aliphatic carbocycles. The minimum atomic E-state index is -0.536. The van der Waals surface area contributed by atoms with Gasteiger partial charge in [0.05, 0.1) is 10.9 Å². The molecule has 0 atom stereocenters. The van der Waals surface area contributed by atoms with Crippen molar-refractivity contribution in [2.45, 2.75) is 32.0 Å². The lowest BCUT2D eigenvalue weighted by atomic mass is 10.1. The van der Waals surface area contributed by atoms with Crippen molar-refractivity contribution in [3.63, 3.8) is 0 Å². The van der Waals surface area contributed by atoms with Crippen molar-refractivity contribution in [1.29, 1.82) is 0 Å². The van der Waals surface area contributed by atoms with Crippen LogP contribution in [0.2, 0.25) is 0 Å². The first-order valence-corrected chi connectivity index (χ1v) is 6.78. The molecule has 18 heavy (non-hydrogen) atoms. The zero-order valence-electron chi connectivity index (χ0n) is 11.3. The summed E-state index contributed by atoms with van der Waals surface area (Å²) in [4.78, 5) is 11.6. The number of rotatable bonds is 5. The highest BCUT2D eigenvalue weighted by Crippen LogP contribution is 2.22. The normalized spacial score (nSPS) is 11.2. The Morgan fingerprint density at radius 2 is 1.89 bits per heavy atom. The van der Waals surface area contributed by atoms with Crippen molar-refractivity contribution < 1.29 is 9.53 Å². The Labute approximate surface area is 117 Å². The summed E-state index contributed by atoms with van der Waals surface area (Å²) in [5.41, 5.74) is 2.23. The molecule has 0 spiro atoms. The van der Waals surface area contributed by atoms with Crippen LogP contribution < -0.4 is 10.1 Å². The van der Waals surface area contributed by atoms with Gasteiger partial charge in [-0.25, -0.2) is 0 Å². The van der Waals surface area contributed by atoms with E-state index in [-0.39, 0.29) is 5.91 Å². The standard InChI is InChI=1S/C14H20BrNO2/c1-10-6-5-7-11(2)12(10)18-9-8-16-13(17)14(3,4)15/h5-7H,8-9H2,1-4H3,(H,16,17). The number of aryl methyl sites for hydroxylation is 2. The average Bonchev–Trinajstić information content (AvgIpc) is 2.25. The molecule has 3 nitrogen and oxygen atoms in total. The summed E-state index contributed by atoms with van der Waals surface area (Å²) < 4.78 is 5.16. The highest BCUT2D eigenvalue weighted by atomic mass is 79.9. The zero-order valence-corrected chi connectivity index (χ0v) is 12.9. The molecule has 0 saturated heterocycles. The van der Waals surface area contributed by atoms with Crippen LogP contribution in [0.15, 0.2) is 18.2 Å². The number of benzene rings is 1. The summed E-state index contributed by atoms with van der Waals surface area (Å²) in [6.07, 6.45) is 0. The molecular formula is C14H20BrNO2. The fourth-order valence-corrected chi connectivity index (χ4v) is 1.69. The number of carbonyl (C=O) groups is 1. The van der Waals surface area contributed by atoms with Gasteiger partial charge < -0.3 is 10.1 Å². The van der Waals surface area contributed by atoms with E-state index in [0.29, 0.717) is 13.2 Å². The second-order valence-electron chi connectivity index (χ2n) is 4.80. The van der Waals surface area contributed by atoms with Crippen LogP contribution in [0.25, 0.3) is 0 Å². The van der Waals surface area contributed by atoms with E-state index in [1.807, 2.05) is 45.9 Å². The van der Waals surface area contributed by atoms with Crippen LogP contribution in [0.4, 0.5) is 0 Å². The number of hydrogen-bond donors (Lipinski definition) is 1. The van der Waals surface area contributed by atoms with Gasteiger partial charge in [0.25, 0.3) is 0 Å². The molecule has 1 aromatic rings. The van der Waals surface area contributed by atoms with Crippen molar-refractivity contribution in [1.82, 2.24) is 5.32 Å². The van der Waals surface area contributed by atoms with E-state index >= 15 is 0 Å². The number of nitrogens with one attached hydrogen (secondary N) is 1. The van der Waals surface area contributed by atoms with E-state index in [4.69, 9.17) is 4.74 Å². The molecule has 1 rings (SSSR count). The average molecular weight is 314 g/mol. The third-order valence-electron chi connectivity index (χ3n) is 2.58. The van der Waals surface area contributed by atoms with Gasteiger partial charge in [-0.3, -0.25) is 4.79 Å². The van der Waals surface area contributed by atoms with Gasteiger partial charge in [0.1, 0.15) is 12.4 Å². The largest absolute Gasteiger partial charge is 0.491 e. The van der Waals surface area contributed by atoms with Gasteiger partial charge in [-0.15, -0.1) is 0 Å². The molecule has 1 amide bonds. The molecule has 0 fully saturated rings. The van der Waals surface area contributed by atoms with Crippen LogP contribution >= 0.6 is 15.9 Å². The summed E-state index contributed by atoms with van der Waals surface area (Å²) in [5.74, 6) is 0.873. The van der Waals surface area contributed by atoms with Crippen LogP contribution in [-0.4, -0.2) is 23.4 Å². The van der Waals surface area contributed by atoms with Crippen LogP contribution in [0.5, 0.6) is 5.75 Å². The fraction of sp³-hybridized carbons (Fsp3) is 0.500. The van der Waals surface area contributed by atoms with Gasteiger partial charge in [-0.05, 0) is 38.8 Å². The number of hydrogen-bond acceptors (Lipinski definition) is 2. The highest BCUT2D eigenvalue weighted by molar-refractivity contribution is 9.10. The Kier molecular flexibility index (Phi) is 5.20. The smallest absolute Gasteiger partial charge is 0.236 e. The Balaban J connectivity index is 2.41. The quantitative estimate of drug-likeness (QED) is 0.670. The van der Waals surface area contributed by atoms with Crippen LogP contribution in [0, 0.1) is 13.8 Å². The number of amides is 1. The first-order chi connectivity index (χ1) is 8.32. The van der Waals surface area contributed by atoms with E-state index in [1.165, 1.54) is 0 Å². The molecule has 0 saturated carbocycles. The maximum absolute atomic E-state index is 11.6. The Hall–Kier alpha value is -1.03. The number of carbonyl (C=O) groups excluding carboxylic acids is 1. The molecule has 0 aromatic heterocycles. The molecule has 0 radical (unpaired) electrons. The molecule has 0 heterocycles. The van der Waals surface area contributed by atoms with Crippen molar-refractivity contribution in [2.24, 2.45) is 0 Å². The molecule has 0 bridgehead atoms. The van der Waals surface area contributed by atoms with E-state index in [9.17, 15) is 4.79 Å². The second-order valence-corrected chi connectivity index (χ2v) is 6.78. The van der Waals surface area contributed by atoms with Crippen molar-refractivity contribution in [3.8, 4) is 5.75 Å². The minimum Gasteiger partial charge on any atom is -0.491 e. The van der Waals surface area contributed by atoms with Gasteiger partial charge in [0.2, 0.25) is 5.91 Å². The number of halogens is 1. The third-order valence-corrected chi connectivity index (χ3v) is 2.94. The monoisotopic (exact) mass is 313 g/mol. The minimum absolute atomic E-state index is 0.0346. The lowest BCUT2D eigenvalue weighted by Crippen LogP contribution is -2.39. The molecule has 1 N–H and O–H groups in total. The Morgan fingerprint density at radius 1 is 1.33 bits per heavy atom. The van der Waals surface area contributed by atoms with Gasteiger partial charge in [0, 0.05) is 0 Å². The maximum atomic E-state index is 11.6.